The van der Waals surface area contributed by atoms with Crippen molar-refractivity contribution in [2.75, 3.05) is 39.6 Å². The van der Waals surface area contributed by atoms with Crippen LogP contribution in [0.3, 0.4) is 0 Å². The first kappa shape index (κ1) is 51.3. The molecule has 6 heterocycles. The fourth-order valence-corrected chi connectivity index (χ4v) is 9.87. The van der Waals surface area contributed by atoms with E-state index in [2.05, 4.69) is 20.8 Å². The molecule has 72 heavy (non-hydrogen) atoms. The summed E-state index contributed by atoms with van der Waals surface area (Å²) in [7, 11) is 0. The highest BCUT2D eigenvalue weighted by Crippen LogP contribution is 2.37. The van der Waals surface area contributed by atoms with Crippen LogP contribution in [0.5, 0.6) is 0 Å². The monoisotopic (exact) mass is 998 g/mol. The number of carbonyl (C=O) groups excluding carboxylic acids is 6. The zero-order valence-corrected chi connectivity index (χ0v) is 41.3. The average Bonchev–Trinajstić information content (AvgIpc) is 4.29. The van der Waals surface area contributed by atoms with Crippen molar-refractivity contribution in [1.82, 2.24) is 0 Å². The Bertz CT molecular complexity index is 2460. The Morgan fingerprint density at radius 3 is 0.833 bits per heavy atom. The number of Topliss-reactive ketones (excluding diaryl/α,β-unsaturated/α-hetero) is 1. The molecule has 0 radical (unpaired) electrons. The summed E-state index contributed by atoms with van der Waals surface area (Å²) in [4.78, 5) is 78.9. The van der Waals surface area contributed by atoms with Crippen molar-refractivity contribution in [2.45, 2.75) is 146 Å². The fraction of sp³-hybridized carbons (Fsp3) is 0.556. The van der Waals surface area contributed by atoms with Gasteiger partial charge in [0.1, 0.15) is 42.7 Å². The summed E-state index contributed by atoms with van der Waals surface area (Å²) in [6, 6.07) is 18.1. The first-order valence-electron chi connectivity index (χ1n) is 24.9. The van der Waals surface area contributed by atoms with Crippen LogP contribution in [-0.4, -0.2) is 154 Å². The Labute approximate surface area is 417 Å². The molecule has 9 rings (SSSR count). The van der Waals surface area contributed by atoms with E-state index in [4.69, 9.17) is 56.8 Å². The Hall–Kier alpha value is -5.60. The molecule has 0 amide bonds. The lowest BCUT2D eigenvalue weighted by molar-refractivity contribution is -0.123. The first-order chi connectivity index (χ1) is 34.6. The quantitative estimate of drug-likeness (QED) is 0.0802. The molecule has 6 saturated heterocycles. The van der Waals surface area contributed by atoms with Crippen LogP contribution >= 0.6 is 0 Å². The van der Waals surface area contributed by atoms with Gasteiger partial charge in [0.05, 0.1) is 73.1 Å². The lowest BCUT2D eigenvalue weighted by Gasteiger charge is -2.32. The van der Waals surface area contributed by atoms with Crippen LogP contribution in [0.1, 0.15) is 129 Å². The maximum absolute atomic E-state index is 13.2. The van der Waals surface area contributed by atoms with Gasteiger partial charge in [0.2, 0.25) is 0 Å². The predicted octanol–water partition coefficient (Wildman–Crippen LogP) is 6.08. The van der Waals surface area contributed by atoms with E-state index in [1.807, 2.05) is 20.8 Å². The number of carbonyl (C=O) groups is 6. The Kier molecular flexibility index (Phi) is 15.3. The largest absolute Gasteiger partial charge is 0.453 e. The Morgan fingerprint density at radius 2 is 0.597 bits per heavy atom. The van der Waals surface area contributed by atoms with E-state index in [-0.39, 0.29) is 84.4 Å². The number of hydrogen-bond donors (Lipinski definition) is 0. The van der Waals surface area contributed by atoms with Gasteiger partial charge < -0.3 is 56.8 Å². The van der Waals surface area contributed by atoms with Gasteiger partial charge in [-0.05, 0) is 93.3 Å². The highest BCUT2D eigenvalue weighted by molar-refractivity contribution is 6.01. The van der Waals surface area contributed by atoms with Crippen molar-refractivity contribution in [3.63, 3.8) is 0 Å². The molecule has 18 heteroatoms. The van der Waals surface area contributed by atoms with E-state index in [1.165, 1.54) is 48.5 Å². The lowest BCUT2D eigenvalue weighted by atomic mass is 9.78. The SMILES string of the molecule is CCC(C)(CC)OC1COC2C(OC(=O)c3ccc(C(=O)OC4COC5C(OC(=O)c6ccc(C(=O)OC7COC8C(OC(=O)c9ccc(C(=O)C(C)(CC)CC)cc9)COC78)cc6)COC45)cc3)COC12. The molecule has 0 aliphatic carbocycles. The summed E-state index contributed by atoms with van der Waals surface area (Å²) in [5, 5.41) is 0. The van der Waals surface area contributed by atoms with E-state index < -0.39 is 96.3 Å². The minimum Gasteiger partial charge on any atom is -0.453 e. The third kappa shape index (κ3) is 10.4. The Morgan fingerprint density at radius 1 is 0.375 bits per heavy atom. The average molecular weight is 999 g/mol. The second-order valence-electron chi connectivity index (χ2n) is 19.6. The number of benzene rings is 3. The van der Waals surface area contributed by atoms with Gasteiger partial charge in [-0.2, -0.15) is 0 Å². The molecule has 0 saturated carbocycles. The normalized spacial score (nSPS) is 29.5. The van der Waals surface area contributed by atoms with Gasteiger partial charge in [-0.25, -0.2) is 24.0 Å². The molecule has 6 fully saturated rings. The molecule has 0 bridgehead atoms. The van der Waals surface area contributed by atoms with E-state index >= 15 is 0 Å². The molecule has 6 aliphatic heterocycles. The maximum Gasteiger partial charge on any atom is 0.338 e. The first-order valence-corrected chi connectivity index (χ1v) is 24.9. The van der Waals surface area contributed by atoms with Crippen molar-refractivity contribution in [3.8, 4) is 0 Å². The third-order valence-corrected chi connectivity index (χ3v) is 15.3. The zero-order valence-electron chi connectivity index (χ0n) is 41.3. The zero-order chi connectivity index (χ0) is 50.9. The summed E-state index contributed by atoms with van der Waals surface area (Å²) < 4.78 is 70.6. The van der Waals surface area contributed by atoms with Crippen LogP contribution in [0.2, 0.25) is 0 Å². The van der Waals surface area contributed by atoms with Gasteiger partial charge in [-0.1, -0.05) is 46.8 Å². The van der Waals surface area contributed by atoms with Crippen LogP contribution in [0.15, 0.2) is 72.8 Å². The predicted molar refractivity (Wildman–Crippen MR) is 251 cm³/mol. The number of esters is 5. The molecule has 12 unspecified atom stereocenters. The second-order valence-corrected chi connectivity index (χ2v) is 19.6. The second kappa shape index (κ2) is 21.5. The highest BCUT2D eigenvalue weighted by atomic mass is 16.7. The molecule has 3 aromatic rings. The van der Waals surface area contributed by atoms with Gasteiger partial charge in [0.25, 0.3) is 0 Å². The highest BCUT2D eigenvalue weighted by Gasteiger charge is 2.54. The van der Waals surface area contributed by atoms with Crippen LogP contribution in [0.25, 0.3) is 0 Å². The molecule has 0 N–H and O–H groups in total. The Balaban J connectivity index is 0.701. The molecule has 6 aliphatic rings. The summed E-state index contributed by atoms with van der Waals surface area (Å²) in [5.74, 6) is -3.16. The lowest BCUT2D eigenvalue weighted by Crippen LogP contribution is -2.40. The minimum absolute atomic E-state index is 0.000385. The number of hydrogen-bond acceptors (Lipinski definition) is 18. The van der Waals surface area contributed by atoms with Crippen LogP contribution in [0, 0.1) is 5.41 Å². The standard InChI is InChI=1S/C54H62O18/c1-7-53(5,8-2)47(55)29-11-13-30(14-12-29)48(56)67-35-23-61-42-36(24-62-41(35)42)68-49(57)31-15-17-32(18-16-31)50(58)69-37-25-63-44-38(26-64-43(37)44)70-51(59)33-19-21-34(22-20-33)52(60)71-39-27-65-46-40(28-66-45(39)46)72-54(6,9-3)10-4/h11-22,35-46H,7-10,23-28H2,1-6H3. The van der Waals surface area contributed by atoms with Crippen molar-refractivity contribution in [3.05, 3.63) is 106 Å². The molecular formula is C54H62O18. The smallest absolute Gasteiger partial charge is 0.338 e. The molecule has 3 aromatic carbocycles. The van der Waals surface area contributed by atoms with Gasteiger partial charge >= 0.3 is 29.8 Å². The maximum atomic E-state index is 13.2. The van der Waals surface area contributed by atoms with Gasteiger partial charge in [0.15, 0.2) is 36.3 Å². The summed E-state index contributed by atoms with van der Waals surface area (Å²) in [6.07, 6.45) is -4.37. The van der Waals surface area contributed by atoms with Crippen molar-refractivity contribution < 1.29 is 85.6 Å². The van der Waals surface area contributed by atoms with Crippen molar-refractivity contribution in [2.24, 2.45) is 5.41 Å². The van der Waals surface area contributed by atoms with Gasteiger partial charge in [0, 0.05) is 11.0 Å². The third-order valence-electron chi connectivity index (χ3n) is 15.3. The van der Waals surface area contributed by atoms with Crippen molar-refractivity contribution >= 4 is 35.6 Å². The van der Waals surface area contributed by atoms with Crippen LogP contribution in [0.4, 0.5) is 0 Å². The number of ether oxygens (including phenoxy) is 12. The van der Waals surface area contributed by atoms with E-state index in [9.17, 15) is 28.8 Å². The van der Waals surface area contributed by atoms with Gasteiger partial charge in [-0.3, -0.25) is 4.79 Å². The van der Waals surface area contributed by atoms with E-state index in [0.29, 0.717) is 25.0 Å². The molecule has 18 nitrogen and oxygen atoms in total. The summed E-state index contributed by atoms with van der Waals surface area (Å²) in [6.45, 7) is 12.7. The fourth-order valence-electron chi connectivity index (χ4n) is 9.87. The van der Waals surface area contributed by atoms with Gasteiger partial charge in [-0.15, -0.1) is 0 Å². The molecule has 386 valence electrons. The van der Waals surface area contributed by atoms with E-state index in [1.54, 1.807) is 24.3 Å². The summed E-state index contributed by atoms with van der Waals surface area (Å²) in [5.41, 5.74) is 0.792. The number of rotatable bonds is 18. The molecule has 0 spiro atoms. The minimum atomic E-state index is -0.799. The summed E-state index contributed by atoms with van der Waals surface area (Å²) >= 11 is 0. The molecular weight excluding hydrogens is 937 g/mol. The van der Waals surface area contributed by atoms with Crippen LogP contribution < -0.4 is 0 Å². The van der Waals surface area contributed by atoms with E-state index in [0.717, 1.165) is 12.8 Å². The number of fused-ring (bicyclic) bond motifs is 3. The molecule has 12 atom stereocenters. The topological polar surface area (TPSA) is 213 Å². The molecule has 0 aromatic heterocycles. The number of ketones is 1. The van der Waals surface area contributed by atoms with Crippen molar-refractivity contribution in [1.29, 1.82) is 0 Å². The van der Waals surface area contributed by atoms with Crippen LogP contribution in [-0.2, 0) is 56.8 Å².